The molecule has 1 aliphatic heterocycles. The number of pyridine rings is 1. The second kappa shape index (κ2) is 7.35. The van der Waals surface area contributed by atoms with Crippen LogP contribution >= 0.6 is 0 Å². The average molecular weight is 336 g/mol. The van der Waals surface area contributed by atoms with Gasteiger partial charge in [0.1, 0.15) is 0 Å². The molecule has 0 bridgehead atoms. The summed E-state index contributed by atoms with van der Waals surface area (Å²) >= 11 is 0. The summed E-state index contributed by atoms with van der Waals surface area (Å²) in [5, 5.41) is 8.29. The van der Waals surface area contributed by atoms with E-state index in [4.69, 9.17) is 4.98 Å². The highest BCUT2D eigenvalue weighted by Crippen LogP contribution is 2.18. The van der Waals surface area contributed by atoms with Crippen molar-refractivity contribution >= 4 is 5.95 Å². The third-order valence-corrected chi connectivity index (χ3v) is 4.34. The molecule has 0 unspecified atom stereocenters. The Bertz CT molecular complexity index is 781. The molecular weight excluding hydrogens is 316 g/mol. The number of aromatic nitrogens is 6. The molecule has 4 rings (SSSR count). The molecule has 25 heavy (non-hydrogen) atoms. The number of anilines is 1. The van der Waals surface area contributed by atoms with Crippen LogP contribution in [0.4, 0.5) is 5.95 Å². The Morgan fingerprint density at radius 3 is 2.48 bits per heavy atom. The molecule has 1 saturated heterocycles. The highest BCUT2D eigenvalue weighted by Gasteiger charge is 2.19. The van der Waals surface area contributed by atoms with Crippen LogP contribution in [0.3, 0.4) is 0 Å². The van der Waals surface area contributed by atoms with Crippen LogP contribution in [0.2, 0.25) is 0 Å². The van der Waals surface area contributed by atoms with Gasteiger partial charge in [0.05, 0.1) is 24.6 Å². The van der Waals surface area contributed by atoms with Gasteiger partial charge in [0.2, 0.25) is 5.95 Å². The highest BCUT2D eigenvalue weighted by molar-refractivity contribution is 5.58. The number of piperazine rings is 1. The number of nitrogens with zero attached hydrogens (tertiary/aromatic N) is 8. The molecule has 3 aromatic heterocycles. The first-order chi connectivity index (χ1) is 12.4. The summed E-state index contributed by atoms with van der Waals surface area (Å²) in [5.74, 6) is 0.787. The van der Waals surface area contributed by atoms with Crippen molar-refractivity contribution in [1.82, 2.24) is 34.8 Å². The third kappa shape index (κ3) is 3.80. The number of hydrogen-bond acceptors (Lipinski definition) is 7. The minimum absolute atomic E-state index is 0.787. The van der Waals surface area contributed by atoms with Crippen molar-refractivity contribution in [3.8, 4) is 11.3 Å². The largest absolute Gasteiger partial charge is 0.338 e. The predicted octanol–water partition coefficient (Wildman–Crippen LogP) is 0.952. The van der Waals surface area contributed by atoms with E-state index in [0.29, 0.717) is 0 Å². The van der Waals surface area contributed by atoms with E-state index in [9.17, 15) is 0 Å². The topological polar surface area (TPSA) is 75.9 Å². The Morgan fingerprint density at radius 2 is 1.72 bits per heavy atom. The lowest BCUT2D eigenvalue weighted by atomic mass is 10.2. The smallest absolute Gasteiger partial charge is 0.225 e. The molecule has 8 nitrogen and oxygen atoms in total. The molecule has 8 heteroatoms. The van der Waals surface area contributed by atoms with E-state index in [1.54, 1.807) is 23.4 Å². The van der Waals surface area contributed by atoms with Crippen LogP contribution in [0, 0.1) is 0 Å². The van der Waals surface area contributed by atoms with Crippen LogP contribution < -0.4 is 4.90 Å². The Labute approximate surface area is 146 Å². The van der Waals surface area contributed by atoms with E-state index in [2.05, 4.69) is 30.0 Å². The maximum absolute atomic E-state index is 4.71. The van der Waals surface area contributed by atoms with Gasteiger partial charge in [-0.15, -0.1) is 0 Å². The van der Waals surface area contributed by atoms with E-state index in [-0.39, 0.29) is 0 Å². The summed E-state index contributed by atoms with van der Waals surface area (Å²) in [5.41, 5.74) is 1.92. The molecule has 1 aliphatic rings. The first kappa shape index (κ1) is 15.6. The Balaban J connectivity index is 1.36. The van der Waals surface area contributed by atoms with Gasteiger partial charge in [0.15, 0.2) is 0 Å². The molecule has 0 amide bonds. The molecular formula is C17H20N8. The zero-order chi connectivity index (χ0) is 16.9. The summed E-state index contributed by atoms with van der Waals surface area (Å²) in [4.78, 5) is 19.7. The van der Waals surface area contributed by atoms with E-state index >= 15 is 0 Å². The van der Waals surface area contributed by atoms with Crippen molar-refractivity contribution in [1.29, 1.82) is 0 Å². The van der Waals surface area contributed by atoms with Crippen LogP contribution in [0.5, 0.6) is 0 Å². The summed E-state index contributed by atoms with van der Waals surface area (Å²) < 4.78 is 0. The van der Waals surface area contributed by atoms with Gasteiger partial charge >= 0.3 is 0 Å². The molecule has 0 N–H and O–H groups in total. The molecule has 0 radical (unpaired) electrons. The summed E-state index contributed by atoms with van der Waals surface area (Å²) in [6.45, 7) is 5.59. The molecule has 0 saturated carbocycles. The molecule has 1 fully saturated rings. The van der Waals surface area contributed by atoms with Crippen LogP contribution in [-0.4, -0.2) is 67.6 Å². The standard InChI is InChI=1S/C17H20N8/c1-2-15(14-18-4-1)16-3-5-19-17(22-16)24-11-8-23(9-12-24)10-13-25-20-6-7-21-25/h1-7,14H,8-13H2. The zero-order valence-corrected chi connectivity index (χ0v) is 13.9. The van der Waals surface area contributed by atoms with Crippen molar-refractivity contribution in [2.24, 2.45) is 0 Å². The quantitative estimate of drug-likeness (QED) is 0.686. The molecule has 0 atom stereocenters. The molecule has 128 valence electrons. The van der Waals surface area contributed by atoms with E-state index < -0.39 is 0 Å². The summed E-state index contributed by atoms with van der Waals surface area (Å²) in [6.07, 6.45) is 8.84. The second-order valence-corrected chi connectivity index (χ2v) is 5.94. The monoisotopic (exact) mass is 336 g/mol. The first-order valence-electron chi connectivity index (χ1n) is 8.43. The van der Waals surface area contributed by atoms with Gasteiger partial charge in [-0.2, -0.15) is 15.0 Å². The average Bonchev–Trinajstić information content (AvgIpc) is 3.21. The Kier molecular flexibility index (Phi) is 4.60. The fourth-order valence-electron chi connectivity index (χ4n) is 2.94. The van der Waals surface area contributed by atoms with Gasteiger partial charge in [-0.1, -0.05) is 0 Å². The highest BCUT2D eigenvalue weighted by atomic mass is 15.5. The van der Waals surface area contributed by atoms with Gasteiger partial charge in [0.25, 0.3) is 0 Å². The Morgan fingerprint density at radius 1 is 0.880 bits per heavy atom. The van der Waals surface area contributed by atoms with Gasteiger partial charge in [0, 0.05) is 56.9 Å². The van der Waals surface area contributed by atoms with Gasteiger partial charge in [-0.25, -0.2) is 9.97 Å². The summed E-state index contributed by atoms with van der Waals surface area (Å²) in [6, 6.07) is 5.86. The normalized spacial score (nSPS) is 15.4. The Hall–Kier alpha value is -2.87. The zero-order valence-electron chi connectivity index (χ0n) is 13.9. The first-order valence-corrected chi connectivity index (χ1v) is 8.43. The van der Waals surface area contributed by atoms with Crippen LogP contribution in [-0.2, 0) is 6.54 Å². The number of hydrogen-bond donors (Lipinski definition) is 0. The van der Waals surface area contributed by atoms with E-state index in [0.717, 1.165) is 56.5 Å². The molecule has 0 aliphatic carbocycles. The maximum atomic E-state index is 4.71. The lowest BCUT2D eigenvalue weighted by Crippen LogP contribution is -2.47. The van der Waals surface area contributed by atoms with E-state index in [1.807, 2.05) is 30.6 Å². The molecule has 4 heterocycles. The van der Waals surface area contributed by atoms with Crippen molar-refractivity contribution in [2.45, 2.75) is 6.54 Å². The van der Waals surface area contributed by atoms with Gasteiger partial charge < -0.3 is 4.90 Å². The molecule has 3 aromatic rings. The minimum atomic E-state index is 0.787. The lowest BCUT2D eigenvalue weighted by Gasteiger charge is -2.34. The van der Waals surface area contributed by atoms with Crippen LogP contribution in [0.15, 0.2) is 49.2 Å². The predicted molar refractivity (Wildman–Crippen MR) is 93.9 cm³/mol. The van der Waals surface area contributed by atoms with Gasteiger partial charge in [-0.3, -0.25) is 9.88 Å². The molecule has 0 aromatic carbocycles. The van der Waals surface area contributed by atoms with Crippen LogP contribution in [0.1, 0.15) is 0 Å². The molecule has 0 spiro atoms. The van der Waals surface area contributed by atoms with Crippen molar-refractivity contribution in [3.63, 3.8) is 0 Å². The third-order valence-electron chi connectivity index (χ3n) is 4.34. The summed E-state index contributed by atoms with van der Waals surface area (Å²) in [7, 11) is 0. The fourth-order valence-corrected chi connectivity index (χ4v) is 2.94. The maximum Gasteiger partial charge on any atom is 0.225 e. The second-order valence-electron chi connectivity index (χ2n) is 5.94. The number of rotatable bonds is 5. The van der Waals surface area contributed by atoms with E-state index in [1.165, 1.54) is 0 Å². The lowest BCUT2D eigenvalue weighted by molar-refractivity contribution is 0.238. The van der Waals surface area contributed by atoms with Crippen LogP contribution in [0.25, 0.3) is 11.3 Å². The van der Waals surface area contributed by atoms with Crippen molar-refractivity contribution in [3.05, 3.63) is 49.2 Å². The SMILES string of the molecule is c1cncc(-c2ccnc(N3CCN(CCn4nccn4)CC3)n2)c1. The minimum Gasteiger partial charge on any atom is -0.338 e. The van der Waals surface area contributed by atoms with Crippen molar-refractivity contribution < 1.29 is 0 Å². The fraction of sp³-hybridized carbons (Fsp3) is 0.353. The van der Waals surface area contributed by atoms with Crippen molar-refractivity contribution in [2.75, 3.05) is 37.6 Å². The van der Waals surface area contributed by atoms with Gasteiger partial charge in [-0.05, 0) is 18.2 Å².